The minimum Gasteiger partial charge on any atom is -0.508 e. The highest BCUT2D eigenvalue weighted by Gasteiger charge is 2.26. The number of piperidine rings is 1. The molecular formula is C24H27ClN2O3. The van der Waals surface area contributed by atoms with Crippen LogP contribution in [0.3, 0.4) is 0 Å². The number of fused-ring (bicyclic) bond motifs is 1. The lowest BCUT2D eigenvalue weighted by atomic mass is 10.0. The summed E-state index contributed by atoms with van der Waals surface area (Å²) in [6.07, 6.45) is 3.56. The van der Waals surface area contributed by atoms with Gasteiger partial charge in [0.2, 0.25) is 0 Å². The van der Waals surface area contributed by atoms with E-state index >= 15 is 0 Å². The molecule has 30 heavy (non-hydrogen) atoms. The lowest BCUT2D eigenvalue weighted by Gasteiger charge is -2.27. The molecule has 0 amide bonds. The van der Waals surface area contributed by atoms with E-state index < -0.39 is 0 Å². The summed E-state index contributed by atoms with van der Waals surface area (Å²) in [4.78, 5) is 15.3. The van der Waals surface area contributed by atoms with Gasteiger partial charge in [-0.15, -0.1) is 0 Å². The Labute approximate surface area is 181 Å². The number of carbonyl (C=O) groups is 1. The number of hydrogen-bond acceptors (Lipinski definition) is 4. The Hall–Kier alpha value is -2.50. The van der Waals surface area contributed by atoms with E-state index in [2.05, 4.69) is 4.90 Å². The summed E-state index contributed by atoms with van der Waals surface area (Å²) in [6.45, 7) is 6.63. The van der Waals surface area contributed by atoms with Crippen molar-refractivity contribution >= 4 is 28.5 Å². The Morgan fingerprint density at radius 3 is 2.47 bits per heavy atom. The second-order valence-electron chi connectivity index (χ2n) is 7.79. The number of aromatic nitrogens is 1. The summed E-state index contributed by atoms with van der Waals surface area (Å²) in [7, 11) is 0. The van der Waals surface area contributed by atoms with Crippen molar-refractivity contribution in [2.24, 2.45) is 0 Å². The van der Waals surface area contributed by atoms with Crippen molar-refractivity contribution in [1.29, 1.82) is 0 Å². The number of phenols is 1. The highest BCUT2D eigenvalue weighted by molar-refractivity contribution is 6.30. The van der Waals surface area contributed by atoms with Crippen LogP contribution in [-0.4, -0.2) is 40.2 Å². The van der Waals surface area contributed by atoms with Crippen LogP contribution in [-0.2, 0) is 11.3 Å². The maximum Gasteiger partial charge on any atom is 0.340 e. The number of halogens is 1. The molecule has 0 unspecified atom stereocenters. The van der Waals surface area contributed by atoms with Crippen molar-refractivity contribution in [1.82, 2.24) is 9.47 Å². The molecule has 3 aromatic rings. The summed E-state index contributed by atoms with van der Waals surface area (Å²) in [6, 6.07) is 11.1. The fourth-order valence-electron chi connectivity index (χ4n) is 4.44. The van der Waals surface area contributed by atoms with Crippen LogP contribution < -0.4 is 0 Å². The van der Waals surface area contributed by atoms with Crippen LogP contribution in [0.15, 0.2) is 36.4 Å². The SMILES string of the molecule is CCOC(=O)c1c(C)n(-c2ccc(Cl)cc2)c2ccc(O)c(CN3CCCCC3)c12. The molecular weight excluding hydrogens is 400 g/mol. The maximum atomic E-state index is 13.0. The predicted molar refractivity (Wildman–Crippen MR) is 120 cm³/mol. The minimum atomic E-state index is -0.363. The third-order valence-electron chi connectivity index (χ3n) is 5.85. The van der Waals surface area contributed by atoms with Gasteiger partial charge in [-0.25, -0.2) is 4.79 Å². The van der Waals surface area contributed by atoms with Crippen molar-refractivity contribution in [2.75, 3.05) is 19.7 Å². The smallest absolute Gasteiger partial charge is 0.340 e. The lowest BCUT2D eigenvalue weighted by Crippen LogP contribution is -2.29. The highest BCUT2D eigenvalue weighted by Crippen LogP contribution is 2.37. The summed E-state index contributed by atoms with van der Waals surface area (Å²) in [5.74, 6) is -0.148. The molecule has 6 heteroatoms. The van der Waals surface area contributed by atoms with Crippen LogP contribution in [0.5, 0.6) is 5.75 Å². The van der Waals surface area contributed by atoms with Gasteiger partial charge in [-0.05, 0) is 76.2 Å². The first-order valence-electron chi connectivity index (χ1n) is 10.5. The first-order valence-corrected chi connectivity index (χ1v) is 10.9. The molecule has 1 fully saturated rings. The van der Waals surface area contributed by atoms with E-state index in [1.807, 2.05) is 41.8 Å². The third-order valence-corrected chi connectivity index (χ3v) is 6.10. The molecule has 0 atom stereocenters. The van der Waals surface area contributed by atoms with Gasteiger partial charge < -0.3 is 14.4 Å². The van der Waals surface area contributed by atoms with E-state index in [0.717, 1.165) is 53.8 Å². The Morgan fingerprint density at radius 1 is 1.10 bits per heavy atom. The average molecular weight is 427 g/mol. The van der Waals surface area contributed by atoms with Crippen LogP contribution in [0.1, 0.15) is 47.8 Å². The molecule has 1 saturated heterocycles. The number of phenolic OH excluding ortho intramolecular Hbond substituents is 1. The van der Waals surface area contributed by atoms with Crippen molar-refractivity contribution in [3.63, 3.8) is 0 Å². The monoisotopic (exact) mass is 426 g/mol. The molecule has 0 aliphatic carbocycles. The second kappa shape index (κ2) is 8.70. The van der Waals surface area contributed by atoms with Gasteiger partial charge in [0.15, 0.2) is 0 Å². The third kappa shape index (κ3) is 3.80. The molecule has 1 N–H and O–H groups in total. The summed E-state index contributed by atoms with van der Waals surface area (Å²) < 4.78 is 7.44. The number of hydrogen-bond donors (Lipinski definition) is 1. The van der Waals surface area contributed by atoms with Gasteiger partial charge in [0, 0.05) is 33.9 Å². The number of aromatic hydroxyl groups is 1. The van der Waals surface area contributed by atoms with E-state index in [0.29, 0.717) is 23.7 Å². The van der Waals surface area contributed by atoms with E-state index in [1.54, 1.807) is 13.0 Å². The first-order chi connectivity index (χ1) is 14.5. The molecule has 0 radical (unpaired) electrons. The highest BCUT2D eigenvalue weighted by atomic mass is 35.5. The van der Waals surface area contributed by atoms with Gasteiger partial charge in [0.25, 0.3) is 0 Å². The first kappa shape index (κ1) is 20.8. The lowest BCUT2D eigenvalue weighted by molar-refractivity contribution is 0.0527. The van der Waals surface area contributed by atoms with Gasteiger partial charge in [-0.2, -0.15) is 0 Å². The molecule has 1 aromatic heterocycles. The molecule has 0 bridgehead atoms. The summed E-state index contributed by atoms with van der Waals surface area (Å²) in [5.41, 5.74) is 3.88. The largest absolute Gasteiger partial charge is 0.508 e. The quantitative estimate of drug-likeness (QED) is 0.550. The van der Waals surface area contributed by atoms with Gasteiger partial charge >= 0.3 is 5.97 Å². The Morgan fingerprint density at radius 2 is 1.80 bits per heavy atom. The van der Waals surface area contributed by atoms with Crippen LogP contribution >= 0.6 is 11.6 Å². The van der Waals surface area contributed by atoms with Crippen molar-refractivity contribution < 1.29 is 14.6 Å². The number of ether oxygens (including phenoxy) is 1. The number of benzene rings is 2. The van der Waals surface area contributed by atoms with Crippen LogP contribution in [0.4, 0.5) is 0 Å². The number of esters is 1. The Kier molecular flexibility index (Phi) is 6.02. The predicted octanol–water partition coefficient (Wildman–Crippen LogP) is 5.46. The van der Waals surface area contributed by atoms with Gasteiger partial charge in [0.1, 0.15) is 5.75 Å². The molecule has 1 aliphatic rings. The minimum absolute atomic E-state index is 0.215. The van der Waals surface area contributed by atoms with Crippen molar-refractivity contribution in [3.8, 4) is 11.4 Å². The number of carbonyl (C=O) groups excluding carboxylic acids is 1. The molecule has 158 valence electrons. The molecule has 0 spiro atoms. The van der Waals surface area contributed by atoms with E-state index in [9.17, 15) is 9.90 Å². The number of nitrogens with zero attached hydrogens (tertiary/aromatic N) is 2. The molecule has 2 aromatic carbocycles. The van der Waals surface area contributed by atoms with Gasteiger partial charge in [0.05, 0.1) is 17.7 Å². The van der Waals surface area contributed by atoms with Gasteiger partial charge in [-0.3, -0.25) is 4.90 Å². The van der Waals surface area contributed by atoms with Crippen LogP contribution in [0, 0.1) is 6.92 Å². The van der Waals surface area contributed by atoms with E-state index in [4.69, 9.17) is 16.3 Å². The normalized spacial score (nSPS) is 14.9. The van der Waals surface area contributed by atoms with Crippen molar-refractivity contribution in [3.05, 3.63) is 58.2 Å². The van der Waals surface area contributed by atoms with Crippen LogP contribution in [0.25, 0.3) is 16.6 Å². The topological polar surface area (TPSA) is 54.7 Å². The fraction of sp³-hybridized carbons (Fsp3) is 0.375. The number of likely N-dealkylation sites (tertiary alicyclic amines) is 1. The zero-order valence-electron chi connectivity index (χ0n) is 17.4. The molecule has 2 heterocycles. The Bertz CT molecular complexity index is 1070. The zero-order valence-corrected chi connectivity index (χ0v) is 18.2. The maximum absolute atomic E-state index is 13.0. The molecule has 4 rings (SSSR count). The molecule has 5 nitrogen and oxygen atoms in total. The van der Waals surface area contributed by atoms with E-state index in [-0.39, 0.29) is 11.7 Å². The molecule has 0 saturated carbocycles. The Balaban J connectivity index is 1.95. The zero-order chi connectivity index (χ0) is 21.3. The average Bonchev–Trinajstić information content (AvgIpc) is 3.04. The van der Waals surface area contributed by atoms with Crippen molar-refractivity contribution in [2.45, 2.75) is 39.7 Å². The summed E-state index contributed by atoms with van der Waals surface area (Å²) >= 11 is 6.09. The fourth-order valence-corrected chi connectivity index (χ4v) is 4.57. The number of rotatable bonds is 5. The van der Waals surface area contributed by atoms with Crippen LogP contribution in [0.2, 0.25) is 5.02 Å². The van der Waals surface area contributed by atoms with Gasteiger partial charge in [-0.1, -0.05) is 18.0 Å². The summed E-state index contributed by atoms with van der Waals surface area (Å²) in [5, 5.41) is 12.2. The standard InChI is InChI=1S/C24H27ClN2O3/c1-3-30-24(29)22-16(2)27(18-9-7-17(25)8-10-18)20-11-12-21(28)19(23(20)22)15-26-13-5-4-6-14-26/h7-12,28H,3-6,13-15H2,1-2H3. The van der Waals surface area contributed by atoms with E-state index in [1.165, 1.54) is 6.42 Å². The molecule has 1 aliphatic heterocycles. The second-order valence-corrected chi connectivity index (χ2v) is 8.22.